The van der Waals surface area contributed by atoms with Crippen molar-refractivity contribution in [3.05, 3.63) is 18.3 Å². The molecule has 0 amide bonds. The Kier molecular flexibility index (Phi) is 2.87. The third-order valence-electron chi connectivity index (χ3n) is 1.27. The van der Waals surface area contributed by atoms with Crippen molar-refractivity contribution >= 4 is 15.5 Å². The van der Waals surface area contributed by atoms with Crippen LogP contribution in [0.15, 0.2) is 22.7 Å². The molecule has 0 N–H and O–H groups in total. The zero-order chi connectivity index (χ0) is 9.90. The molecule has 0 saturated carbocycles. The first-order chi connectivity index (χ1) is 6.01. The van der Waals surface area contributed by atoms with Gasteiger partial charge in [-0.25, -0.2) is 9.19 Å². The Morgan fingerprint density at radius 1 is 1.46 bits per heavy atom. The van der Waals surface area contributed by atoms with Gasteiger partial charge >= 0.3 is 0 Å². The van der Waals surface area contributed by atoms with Gasteiger partial charge in [0.15, 0.2) is 5.82 Å². The number of ether oxygens (including phenoxy) is 1. The smallest absolute Gasteiger partial charge is 0.161 e. The lowest BCUT2D eigenvalue weighted by Gasteiger charge is -1.98. The quantitative estimate of drug-likeness (QED) is 0.726. The van der Waals surface area contributed by atoms with E-state index in [0.717, 1.165) is 0 Å². The largest absolute Gasteiger partial charge is 0.495 e. The van der Waals surface area contributed by atoms with Crippen LogP contribution in [0.5, 0.6) is 5.75 Å². The molecule has 1 heterocycles. The zero-order valence-electron chi connectivity index (χ0n) is 7.85. The van der Waals surface area contributed by atoms with Crippen molar-refractivity contribution in [2.45, 2.75) is 0 Å². The molecule has 0 fully saturated rings. The second kappa shape index (κ2) is 3.74. The topological polar surface area (TPSA) is 51.5 Å². The summed E-state index contributed by atoms with van der Waals surface area (Å²) in [6, 6.07) is 3.41. The Labute approximate surface area is 78.1 Å². The van der Waals surface area contributed by atoms with Crippen LogP contribution in [0.4, 0.5) is 5.82 Å². The summed E-state index contributed by atoms with van der Waals surface area (Å²) >= 11 is 0. The maximum Gasteiger partial charge on any atom is 0.161 e. The fourth-order valence-corrected chi connectivity index (χ4v) is 1.33. The summed E-state index contributed by atoms with van der Waals surface area (Å²) in [6.45, 7) is 0. The number of aromatic nitrogens is 1. The summed E-state index contributed by atoms with van der Waals surface area (Å²) in [6.07, 6.45) is 4.68. The lowest BCUT2D eigenvalue weighted by molar-refractivity contribution is 0.413. The van der Waals surface area contributed by atoms with E-state index in [-0.39, 0.29) is 0 Å². The Hall–Kier alpha value is -1.10. The summed E-state index contributed by atoms with van der Waals surface area (Å²) in [5, 5.41) is 0. The Bertz CT molecular complexity index is 383. The van der Waals surface area contributed by atoms with Crippen LogP contribution in [-0.2, 0) is 9.73 Å². The molecule has 0 radical (unpaired) electrons. The number of hydrogen-bond donors (Lipinski definition) is 0. The number of pyridine rings is 1. The van der Waals surface area contributed by atoms with Crippen molar-refractivity contribution in [2.24, 2.45) is 4.36 Å². The minimum atomic E-state index is -2.13. The Morgan fingerprint density at radius 2 is 2.15 bits per heavy atom. The van der Waals surface area contributed by atoms with Crippen molar-refractivity contribution < 1.29 is 8.95 Å². The van der Waals surface area contributed by atoms with Crippen LogP contribution in [0.3, 0.4) is 0 Å². The molecule has 0 aromatic carbocycles. The average molecular weight is 200 g/mol. The molecule has 1 aromatic heterocycles. The normalized spacial score (nSPS) is 11.0. The Morgan fingerprint density at radius 3 is 2.54 bits per heavy atom. The van der Waals surface area contributed by atoms with E-state index in [1.165, 1.54) is 0 Å². The molecule has 72 valence electrons. The molecule has 0 aliphatic carbocycles. The van der Waals surface area contributed by atoms with Crippen molar-refractivity contribution in [2.75, 3.05) is 19.6 Å². The van der Waals surface area contributed by atoms with Gasteiger partial charge in [-0.2, -0.15) is 4.36 Å². The maximum atomic E-state index is 11.3. The van der Waals surface area contributed by atoms with Crippen LogP contribution in [0, 0.1) is 0 Å². The standard InChI is InChI=1S/C8H12N2O2S/c1-12-7-4-5-8(9-6-7)10-13(2,3)11/h4-6H,1-3H3. The number of hydrogen-bond acceptors (Lipinski definition) is 4. The summed E-state index contributed by atoms with van der Waals surface area (Å²) in [5.74, 6) is 1.13. The summed E-state index contributed by atoms with van der Waals surface area (Å²) < 4.78 is 20.1. The van der Waals surface area contributed by atoms with Crippen LogP contribution in [0.2, 0.25) is 0 Å². The molecule has 0 saturated heterocycles. The maximum absolute atomic E-state index is 11.3. The second-order valence-corrected chi connectivity index (χ2v) is 5.37. The lowest BCUT2D eigenvalue weighted by atomic mass is 10.4. The van der Waals surface area contributed by atoms with Gasteiger partial charge in [0.2, 0.25) is 0 Å². The molecule has 4 nitrogen and oxygen atoms in total. The predicted molar refractivity (Wildman–Crippen MR) is 52.9 cm³/mol. The van der Waals surface area contributed by atoms with Crippen LogP contribution >= 0.6 is 0 Å². The molecule has 1 aromatic rings. The van der Waals surface area contributed by atoms with Crippen LogP contribution in [0.25, 0.3) is 0 Å². The van der Waals surface area contributed by atoms with Crippen LogP contribution in [-0.4, -0.2) is 28.8 Å². The Balaban J connectivity index is 3.01. The molecular formula is C8H12N2O2S. The van der Waals surface area contributed by atoms with Crippen LogP contribution < -0.4 is 4.74 Å². The van der Waals surface area contributed by atoms with E-state index in [9.17, 15) is 4.21 Å². The van der Waals surface area contributed by atoms with E-state index >= 15 is 0 Å². The first-order valence-electron chi connectivity index (χ1n) is 3.68. The molecule has 0 bridgehead atoms. The lowest BCUT2D eigenvalue weighted by Crippen LogP contribution is -1.90. The minimum Gasteiger partial charge on any atom is -0.495 e. The molecule has 0 atom stereocenters. The average Bonchev–Trinajstić information content (AvgIpc) is 2.03. The van der Waals surface area contributed by atoms with Gasteiger partial charge in [0.05, 0.1) is 13.3 Å². The first-order valence-corrected chi connectivity index (χ1v) is 6.01. The predicted octanol–water partition coefficient (Wildman–Crippen LogP) is 1.45. The van der Waals surface area contributed by atoms with Crippen LogP contribution in [0.1, 0.15) is 0 Å². The van der Waals surface area contributed by atoms with E-state index in [1.54, 1.807) is 38.0 Å². The summed E-state index contributed by atoms with van der Waals surface area (Å²) in [4.78, 5) is 3.96. The van der Waals surface area contributed by atoms with Gasteiger partial charge in [0.1, 0.15) is 5.75 Å². The zero-order valence-corrected chi connectivity index (χ0v) is 8.67. The van der Waals surface area contributed by atoms with Crippen molar-refractivity contribution in [3.63, 3.8) is 0 Å². The van der Waals surface area contributed by atoms with Crippen molar-refractivity contribution in [1.29, 1.82) is 0 Å². The highest BCUT2D eigenvalue weighted by Gasteiger charge is 1.95. The van der Waals surface area contributed by atoms with E-state index < -0.39 is 9.73 Å². The molecule has 0 unspecified atom stereocenters. The number of rotatable bonds is 2. The minimum absolute atomic E-state index is 0.468. The molecule has 0 aliphatic rings. The highest BCUT2D eigenvalue weighted by molar-refractivity contribution is 7.92. The van der Waals surface area contributed by atoms with Gasteiger partial charge in [-0.05, 0) is 12.1 Å². The van der Waals surface area contributed by atoms with Gasteiger partial charge < -0.3 is 4.74 Å². The van der Waals surface area contributed by atoms with E-state index in [2.05, 4.69) is 9.35 Å². The molecule has 1 rings (SSSR count). The van der Waals surface area contributed by atoms with Gasteiger partial charge in [-0.3, -0.25) is 0 Å². The van der Waals surface area contributed by atoms with Crippen molar-refractivity contribution in [3.8, 4) is 5.75 Å². The van der Waals surface area contributed by atoms with E-state index in [1.807, 2.05) is 0 Å². The van der Waals surface area contributed by atoms with Gasteiger partial charge in [-0.1, -0.05) is 0 Å². The van der Waals surface area contributed by atoms with Gasteiger partial charge in [0.25, 0.3) is 0 Å². The van der Waals surface area contributed by atoms with Gasteiger partial charge in [-0.15, -0.1) is 0 Å². The van der Waals surface area contributed by atoms with Gasteiger partial charge in [0, 0.05) is 22.2 Å². The monoisotopic (exact) mass is 200 g/mol. The number of methoxy groups -OCH3 is 1. The summed E-state index contributed by atoms with van der Waals surface area (Å²) in [5.41, 5.74) is 0. The highest BCUT2D eigenvalue weighted by atomic mass is 32.2. The molecule has 0 spiro atoms. The fourth-order valence-electron chi connectivity index (χ4n) is 0.772. The SMILES string of the molecule is COc1ccc(N=S(C)(C)=O)nc1. The third kappa shape index (κ3) is 3.42. The second-order valence-electron chi connectivity index (χ2n) is 2.83. The van der Waals surface area contributed by atoms with E-state index in [4.69, 9.17) is 4.74 Å². The highest BCUT2D eigenvalue weighted by Crippen LogP contribution is 2.14. The molecular weight excluding hydrogens is 188 g/mol. The third-order valence-corrected chi connectivity index (χ3v) is 1.90. The molecule has 0 aliphatic heterocycles. The van der Waals surface area contributed by atoms with Crippen molar-refractivity contribution in [1.82, 2.24) is 4.98 Å². The molecule has 5 heteroatoms. The fraction of sp³-hybridized carbons (Fsp3) is 0.375. The first kappa shape index (κ1) is 9.98. The summed E-state index contributed by atoms with van der Waals surface area (Å²) in [7, 11) is -0.559. The van der Waals surface area contributed by atoms with E-state index in [0.29, 0.717) is 11.6 Å². The number of nitrogens with zero attached hydrogens (tertiary/aromatic N) is 2. The molecule has 13 heavy (non-hydrogen) atoms.